The lowest BCUT2D eigenvalue weighted by Crippen LogP contribution is -2.28. The Labute approximate surface area is 153 Å². The lowest BCUT2D eigenvalue weighted by atomic mass is 9.81. The number of carbonyl (C=O) groups excluding carboxylic acids is 1. The topological polar surface area (TPSA) is 35.5 Å². The highest BCUT2D eigenvalue weighted by molar-refractivity contribution is 5.69. The minimum Gasteiger partial charge on any atom is -0.494 e. The monoisotopic (exact) mass is 346 g/mol. The fourth-order valence-electron chi connectivity index (χ4n) is 3.51. The van der Waals surface area contributed by atoms with Gasteiger partial charge in [-0.3, -0.25) is 4.79 Å². The molecule has 0 aliphatic heterocycles. The largest absolute Gasteiger partial charge is 0.494 e. The van der Waals surface area contributed by atoms with Crippen LogP contribution in [0.1, 0.15) is 89.5 Å². The van der Waals surface area contributed by atoms with E-state index >= 15 is 0 Å². The molecular formula is C22H34O3. The molecule has 0 saturated heterocycles. The zero-order valence-corrected chi connectivity index (χ0v) is 16.0. The summed E-state index contributed by atoms with van der Waals surface area (Å²) in [6.45, 7) is 5.09. The van der Waals surface area contributed by atoms with Crippen LogP contribution < -0.4 is 4.74 Å². The van der Waals surface area contributed by atoms with Gasteiger partial charge in [0.15, 0.2) is 0 Å². The average molecular weight is 347 g/mol. The Balaban J connectivity index is 1.91. The van der Waals surface area contributed by atoms with E-state index in [-0.39, 0.29) is 12.1 Å². The van der Waals surface area contributed by atoms with Crippen molar-refractivity contribution in [1.82, 2.24) is 0 Å². The normalized spacial score (nSPS) is 20.2. The number of rotatable bonds is 10. The molecule has 25 heavy (non-hydrogen) atoms. The molecule has 0 amide bonds. The van der Waals surface area contributed by atoms with Gasteiger partial charge in [0, 0.05) is 12.3 Å². The summed E-state index contributed by atoms with van der Waals surface area (Å²) >= 11 is 0. The highest BCUT2D eigenvalue weighted by Gasteiger charge is 2.29. The molecule has 0 bridgehead atoms. The smallest absolute Gasteiger partial charge is 0.306 e. The zero-order chi connectivity index (χ0) is 17.9. The molecule has 3 heteroatoms. The van der Waals surface area contributed by atoms with E-state index in [4.69, 9.17) is 9.47 Å². The van der Waals surface area contributed by atoms with Gasteiger partial charge in [0.2, 0.25) is 0 Å². The van der Waals surface area contributed by atoms with Crippen molar-refractivity contribution in [3.05, 3.63) is 29.8 Å². The molecule has 1 aliphatic carbocycles. The van der Waals surface area contributed by atoms with Gasteiger partial charge in [0.1, 0.15) is 11.9 Å². The molecule has 2 atom stereocenters. The number of esters is 1. The molecule has 1 aromatic carbocycles. The minimum absolute atomic E-state index is 0.0233. The van der Waals surface area contributed by atoms with E-state index in [2.05, 4.69) is 38.1 Å². The molecule has 0 heterocycles. The first-order valence-corrected chi connectivity index (χ1v) is 10.2. The van der Waals surface area contributed by atoms with Crippen molar-refractivity contribution < 1.29 is 14.3 Å². The second kappa shape index (κ2) is 11.2. The second-order valence-corrected chi connectivity index (χ2v) is 7.15. The summed E-state index contributed by atoms with van der Waals surface area (Å²) in [6.07, 6.45) is 10.4. The molecule has 3 nitrogen and oxygen atoms in total. The predicted octanol–water partition coefficient (Wildman–Crippen LogP) is 6.02. The average Bonchev–Trinajstić information content (AvgIpc) is 2.63. The summed E-state index contributed by atoms with van der Waals surface area (Å²) in [7, 11) is 0. The first-order valence-electron chi connectivity index (χ1n) is 10.2. The van der Waals surface area contributed by atoms with E-state index in [1.165, 1.54) is 12.0 Å². The number of ether oxygens (including phenoxy) is 2. The summed E-state index contributed by atoms with van der Waals surface area (Å²) in [5.41, 5.74) is 1.27. The number of hydrogen-bond acceptors (Lipinski definition) is 3. The Kier molecular flexibility index (Phi) is 8.85. The molecule has 140 valence electrons. The standard InChI is InChI=1S/C22H34O3/c1-3-5-7-12-22(23)25-21-11-9-8-10-20(21)18-13-15-19(16-14-18)24-17-6-4-2/h13-16,20-21H,3-12,17H2,1-2H3/t20-,21+/m1/s1. The maximum atomic E-state index is 12.1. The number of hydrogen-bond donors (Lipinski definition) is 0. The van der Waals surface area contributed by atoms with Crippen LogP contribution in [0.3, 0.4) is 0 Å². The van der Waals surface area contributed by atoms with Gasteiger partial charge in [-0.15, -0.1) is 0 Å². The molecule has 0 aromatic heterocycles. The summed E-state index contributed by atoms with van der Waals surface area (Å²) < 4.78 is 11.6. The maximum Gasteiger partial charge on any atom is 0.306 e. The summed E-state index contributed by atoms with van der Waals surface area (Å²) in [5, 5.41) is 0. The summed E-state index contributed by atoms with van der Waals surface area (Å²) in [5.74, 6) is 1.24. The van der Waals surface area contributed by atoms with Crippen molar-refractivity contribution in [3.63, 3.8) is 0 Å². The molecule has 0 N–H and O–H groups in total. The van der Waals surface area contributed by atoms with Gasteiger partial charge < -0.3 is 9.47 Å². The van der Waals surface area contributed by atoms with Gasteiger partial charge >= 0.3 is 5.97 Å². The fourth-order valence-corrected chi connectivity index (χ4v) is 3.51. The maximum absolute atomic E-state index is 12.1. The second-order valence-electron chi connectivity index (χ2n) is 7.15. The third-order valence-corrected chi connectivity index (χ3v) is 5.04. The summed E-state index contributed by atoms with van der Waals surface area (Å²) in [4.78, 5) is 12.1. The van der Waals surface area contributed by atoms with Crippen LogP contribution in [0.25, 0.3) is 0 Å². The van der Waals surface area contributed by atoms with Crippen LogP contribution in [0.15, 0.2) is 24.3 Å². The highest BCUT2D eigenvalue weighted by atomic mass is 16.5. The lowest BCUT2D eigenvalue weighted by molar-refractivity contribution is -0.151. The van der Waals surface area contributed by atoms with E-state index < -0.39 is 0 Å². The molecule has 1 aromatic rings. The van der Waals surface area contributed by atoms with Crippen molar-refractivity contribution in [2.75, 3.05) is 6.61 Å². The van der Waals surface area contributed by atoms with Crippen LogP contribution in [0.4, 0.5) is 0 Å². The molecule has 0 radical (unpaired) electrons. The van der Waals surface area contributed by atoms with Crippen LogP contribution in [-0.2, 0) is 9.53 Å². The van der Waals surface area contributed by atoms with Crippen LogP contribution in [0.2, 0.25) is 0 Å². The number of carbonyl (C=O) groups is 1. The SMILES string of the molecule is CCCCCC(=O)O[C@H]1CCCC[C@@H]1c1ccc(OCCCC)cc1. The first kappa shape index (κ1) is 19.8. The Bertz CT molecular complexity index is 494. The van der Waals surface area contributed by atoms with Crippen molar-refractivity contribution in [2.24, 2.45) is 0 Å². The van der Waals surface area contributed by atoms with Gasteiger partial charge in [-0.05, 0) is 49.8 Å². The molecule has 0 spiro atoms. The third-order valence-electron chi connectivity index (χ3n) is 5.04. The van der Waals surface area contributed by atoms with Gasteiger partial charge in [0.25, 0.3) is 0 Å². The van der Waals surface area contributed by atoms with Crippen LogP contribution in [0, 0.1) is 0 Å². The van der Waals surface area contributed by atoms with Gasteiger partial charge in [-0.1, -0.05) is 51.7 Å². The van der Waals surface area contributed by atoms with Crippen LogP contribution >= 0.6 is 0 Å². The van der Waals surface area contributed by atoms with Gasteiger partial charge in [-0.2, -0.15) is 0 Å². The third kappa shape index (κ3) is 6.72. The van der Waals surface area contributed by atoms with Crippen LogP contribution in [-0.4, -0.2) is 18.7 Å². The Hall–Kier alpha value is -1.51. The molecule has 1 fully saturated rings. The van der Waals surface area contributed by atoms with Crippen molar-refractivity contribution in [1.29, 1.82) is 0 Å². The lowest BCUT2D eigenvalue weighted by Gasteiger charge is -2.31. The van der Waals surface area contributed by atoms with Gasteiger partial charge in [-0.25, -0.2) is 0 Å². The first-order chi connectivity index (χ1) is 12.2. The van der Waals surface area contributed by atoms with Crippen molar-refractivity contribution >= 4 is 5.97 Å². The van der Waals surface area contributed by atoms with Crippen molar-refractivity contribution in [3.8, 4) is 5.75 Å². The predicted molar refractivity (Wildman–Crippen MR) is 102 cm³/mol. The molecular weight excluding hydrogens is 312 g/mol. The summed E-state index contributed by atoms with van der Waals surface area (Å²) in [6, 6.07) is 8.41. The van der Waals surface area contributed by atoms with E-state index in [0.717, 1.165) is 63.7 Å². The zero-order valence-electron chi connectivity index (χ0n) is 16.0. The number of benzene rings is 1. The molecule has 0 unspecified atom stereocenters. The Morgan fingerprint density at radius 2 is 1.72 bits per heavy atom. The van der Waals surface area contributed by atoms with E-state index in [9.17, 15) is 4.79 Å². The van der Waals surface area contributed by atoms with E-state index in [0.29, 0.717) is 12.3 Å². The number of unbranched alkanes of at least 4 members (excludes halogenated alkanes) is 3. The Morgan fingerprint density at radius 1 is 1.00 bits per heavy atom. The fraction of sp³-hybridized carbons (Fsp3) is 0.682. The molecule has 1 aliphatic rings. The van der Waals surface area contributed by atoms with Gasteiger partial charge in [0.05, 0.1) is 6.61 Å². The van der Waals surface area contributed by atoms with E-state index in [1.54, 1.807) is 0 Å². The molecule has 1 saturated carbocycles. The minimum atomic E-state index is -0.0233. The van der Waals surface area contributed by atoms with Crippen LogP contribution in [0.5, 0.6) is 5.75 Å². The van der Waals surface area contributed by atoms with Crippen molar-refractivity contribution in [2.45, 2.75) is 90.1 Å². The van der Waals surface area contributed by atoms with E-state index in [1.807, 2.05) is 0 Å². The quantitative estimate of drug-likeness (QED) is 0.384. The Morgan fingerprint density at radius 3 is 2.44 bits per heavy atom. The highest BCUT2D eigenvalue weighted by Crippen LogP contribution is 2.36. The molecule has 2 rings (SSSR count).